The predicted octanol–water partition coefficient (Wildman–Crippen LogP) is 5.62. The van der Waals surface area contributed by atoms with Crippen LogP contribution in [-0.4, -0.2) is 32.0 Å². The average Bonchev–Trinajstić information content (AvgIpc) is 2.96. The van der Waals surface area contributed by atoms with Crippen LogP contribution in [0.4, 0.5) is 0 Å². The number of carboxylic acids is 2. The molecule has 2 N–H and O–H groups in total. The molecule has 0 fully saturated rings. The Bertz CT molecular complexity index is 593. The zero-order valence-corrected chi connectivity index (χ0v) is 19.6. The topological polar surface area (TPSA) is 100 Å². The van der Waals surface area contributed by atoms with Gasteiger partial charge in [0.05, 0.1) is 18.0 Å². The van der Waals surface area contributed by atoms with Crippen molar-refractivity contribution in [2.75, 3.05) is 0 Å². The van der Waals surface area contributed by atoms with Crippen LogP contribution in [0.3, 0.4) is 0 Å². The highest BCUT2D eigenvalue weighted by molar-refractivity contribution is 9.52. The summed E-state index contributed by atoms with van der Waals surface area (Å²) in [6, 6.07) is 0. The van der Waals surface area contributed by atoms with Crippen LogP contribution in [0.5, 0.6) is 0 Å². The number of hydrogen-bond donors (Lipinski definition) is 2. The molecule has 0 aliphatic carbocycles. The lowest BCUT2D eigenvalue weighted by molar-refractivity contribution is 0.0686. The summed E-state index contributed by atoms with van der Waals surface area (Å²) in [7, 11) is 0. The van der Waals surface area contributed by atoms with E-state index in [-0.39, 0.29) is 12.2 Å². The second kappa shape index (κ2) is 11.2. The monoisotopic (exact) mass is 664 g/mol. The lowest BCUT2D eigenvalue weighted by Crippen LogP contribution is -1.92. The molecule has 0 spiro atoms. The zero-order valence-electron chi connectivity index (χ0n) is 10.0. The summed E-state index contributed by atoms with van der Waals surface area (Å²) in [5.41, 5.74) is 0.481. The van der Waals surface area contributed by atoms with Crippen LogP contribution in [0.1, 0.15) is 20.7 Å². The van der Waals surface area contributed by atoms with Crippen LogP contribution in [-0.2, 0) is 0 Å². The van der Waals surface area contributed by atoms with Crippen LogP contribution >= 0.6 is 103 Å². The molecule has 2 aromatic rings. The van der Waals surface area contributed by atoms with E-state index in [1.807, 2.05) is 0 Å². The third-order valence-electron chi connectivity index (χ3n) is 1.44. The average molecular weight is 669 g/mol. The molecule has 0 amide bonds. The second-order valence-electron chi connectivity index (χ2n) is 2.97. The maximum Gasteiger partial charge on any atom is 0.339 e. The van der Waals surface area contributed by atoms with Gasteiger partial charge < -0.3 is 10.2 Å². The highest BCUT2D eigenvalue weighted by Crippen LogP contribution is 2.39. The molecule has 122 valence electrons. The Morgan fingerprint density at radius 3 is 1.77 bits per heavy atom. The first-order chi connectivity index (χ1) is 10.0. The quantitative estimate of drug-likeness (QED) is 0.403. The molecule has 22 heavy (non-hydrogen) atoms. The summed E-state index contributed by atoms with van der Waals surface area (Å²) in [4.78, 5) is 20.2. The van der Waals surface area contributed by atoms with E-state index in [0.717, 1.165) is 23.1 Å². The van der Waals surface area contributed by atoms with Gasteiger partial charge in [-0.05, 0) is 103 Å². The number of aromatic nitrogens is 2. The molecule has 0 atom stereocenters. The number of aromatic carboxylic acids is 2. The zero-order chi connectivity index (χ0) is 17.3. The minimum Gasteiger partial charge on any atom is -0.478 e. The first-order valence-corrected chi connectivity index (χ1v) is 10.3. The molecule has 0 saturated heterocycles. The molecule has 2 heterocycles. The second-order valence-corrected chi connectivity index (χ2v) is 16.9. The molecule has 0 aliphatic rings. The van der Waals surface area contributed by atoms with Gasteiger partial charge in [-0.25, -0.2) is 14.0 Å². The third kappa shape index (κ3) is 12.1. The van der Waals surface area contributed by atoms with E-state index in [0.29, 0.717) is 3.79 Å². The number of carbonyl (C=O) groups is 2. The number of hydrogen-bond acceptors (Lipinski definition) is 6. The van der Waals surface area contributed by atoms with Gasteiger partial charge >= 0.3 is 11.9 Å². The number of nitrogens with zero attached hydrogens (tertiary/aromatic N) is 2. The molecule has 0 radical (unpaired) electrons. The van der Waals surface area contributed by atoms with Gasteiger partial charge in [0, 0.05) is 5.38 Å². The molecule has 0 aliphatic heterocycles. The van der Waals surface area contributed by atoms with Gasteiger partial charge in [0.25, 0.3) is 0 Å². The fourth-order valence-corrected chi connectivity index (χ4v) is 2.20. The number of rotatable bonds is 2. The number of carboxylic acid groups (broad SMARTS) is 2. The Morgan fingerprint density at radius 2 is 1.59 bits per heavy atom. The molecule has 6 nitrogen and oxygen atoms in total. The molecule has 0 bridgehead atoms. The van der Waals surface area contributed by atoms with Crippen molar-refractivity contribution in [1.29, 1.82) is 0 Å². The fraction of sp³-hybridized carbons (Fsp3) is 0.111. The molecular weight excluding hydrogens is 664 g/mol. The molecular formula is C9H5Br5N2O4S2. The minimum atomic E-state index is -0.948. The van der Waals surface area contributed by atoms with Crippen molar-refractivity contribution in [2.45, 2.75) is 1.05 Å². The summed E-state index contributed by atoms with van der Waals surface area (Å²) >= 11 is 17.8. The van der Waals surface area contributed by atoms with Crippen molar-refractivity contribution < 1.29 is 19.8 Å². The highest BCUT2D eigenvalue weighted by Gasteiger charge is 2.09. The van der Waals surface area contributed by atoms with E-state index in [9.17, 15) is 9.59 Å². The summed E-state index contributed by atoms with van der Waals surface area (Å²) < 4.78 is 7.58. The SMILES string of the molecule is BrC(Br)(Br)Br.O=C(O)c1cnsc1.O=C(O)c1cnsc1Br. The Morgan fingerprint density at radius 1 is 1.05 bits per heavy atom. The van der Waals surface area contributed by atoms with Crippen LogP contribution in [0.25, 0.3) is 0 Å². The first-order valence-electron chi connectivity index (χ1n) is 4.74. The highest BCUT2D eigenvalue weighted by atomic mass is 80.0. The number of alkyl halides is 4. The lowest BCUT2D eigenvalue weighted by atomic mass is 10.4. The standard InChI is InChI=1S/C4H2BrNO2S.C4H3NO2S.CBr4/c5-3-2(4(7)8)1-6-9-3;6-4(7)3-1-5-8-2-3;2-1(3,4)5/h1H,(H,7,8);1-2H,(H,6,7);. The van der Waals surface area contributed by atoms with Gasteiger partial charge in [-0.3, -0.25) is 0 Å². The molecule has 13 heteroatoms. The summed E-state index contributed by atoms with van der Waals surface area (Å²) in [5.74, 6) is -1.87. The third-order valence-corrected chi connectivity index (χ3v) is 3.48. The van der Waals surface area contributed by atoms with E-state index in [1.165, 1.54) is 17.8 Å². The van der Waals surface area contributed by atoms with Gasteiger partial charge in [0.1, 0.15) is 9.35 Å². The Balaban J connectivity index is 0.000000315. The van der Waals surface area contributed by atoms with Crippen LogP contribution < -0.4 is 0 Å². The minimum absolute atomic E-state index is 0.222. The molecule has 2 rings (SSSR count). The Kier molecular flexibility index (Phi) is 11.5. The molecule has 0 unspecified atom stereocenters. The van der Waals surface area contributed by atoms with Crippen LogP contribution in [0.15, 0.2) is 21.6 Å². The van der Waals surface area contributed by atoms with E-state index in [1.54, 1.807) is 0 Å². The van der Waals surface area contributed by atoms with Gasteiger partial charge in [0.2, 0.25) is 0 Å². The van der Waals surface area contributed by atoms with E-state index < -0.39 is 11.9 Å². The first kappa shape index (κ1) is 22.6. The van der Waals surface area contributed by atoms with Crippen LogP contribution in [0.2, 0.25) is 0 Å². The van der Waals surface area contributed by atoms with Gasteiger partial charge in [-0.2, -0.15) is 4.37 Å². The molecule has 2 aromatic heterocycles. The normalized spacial score (nSPS) is 9.86. The molecule has 0 aromatic carbocycles. The lowest BCUT2D eigenvalue weighted by Gasteiger charge is -1.93. The van der Waals surface area contributed by atoms with Crippen molar-refractivity contribution in [2.24, 2.45) is 0 Å². The summed E-state index contributed by atoms with van der Waals surface area (Å²) in [5, 5.41) is 18.1. The largest absolute Gasteiger partial charge is 0.478 e. The van der Waals surface area contributed by atoms with Gasteiger partial charge in [-0.1, -0.05) is 0 Å². The maximum atomic E-state index is 10.2. The predicted molar refractivity (Wildman–Crippen MR) is 104 cm³/mol. The smallest absolute Gasteiger partial charge is 0.339 e. The summed E-state index contributed by atoms with van der Waals surface area (Å²) in [6.07, 6.45) is 2.64. The fourth-order valence-electron chi connectivity index (χ4n) is 0.675. The van der Waals surface area contributed by atoms with Crippen molar-refractivity contribution in [3.63, 3.8) is 0 Å². The Labute approximate surface area is 175 Å². The van der Waals surface area contributed by atoms with Crippen molar-refractivity contribution in [3.05, 3.63) is 32.7 Å². The van der Waals surface area contributed by atoms with Crippen LogP contribution in [0, 0.1) is 0 Å². The van der Waals surface area contributed by atoms with E-state index >= 15 is 0 Å². The van der Waals surface area contributed by atoms with E-state index in [4.69, 9.17) is 10.2 Å². The van der Waals surface area contributed by atoms with Gasteiger partial charge in [-0.15, -0.1) is 0 Å². The maximum absolute atomic E-state index is 10.2. The van der Waals surface area contributed by atoms with Crippen molar-refractivity contribution in [1.82, 2.24) is 8.75 Å². The van der Waals surface area contributed by atoms with Crippen molar-refractivity contribution >= 4 is 115 Å². The van der Waals surface area contributed by atoms with E-state index in [2.05, 4.69) is 88.4 Å². The van der Waals surface area contributed by atoms with Crippen molar-refractivity contribution in [3.8, 4) is 0 Å². The Hall–Kier alpha value is 0.600. The summed E-state index contributed by atoms with van der Waals surface area (Å²) in [6.45, 7) is 0. The number of halogens is 5. The molecule has 0 saturated carbocycles. The van der Waals surface area contributed by atoms with Gasteiger partial charge in [0.15, 0.2) is 1.05 Å².